The molecule has 0 fully saturated rings. The molecule has 2 heteroatoms. The first-order valence-electron chi connectivity index (χ1n) is 2.96. The molecule has 0 bridgehead atoms. The van der Waals surface area contributed by atoms with Crippen LogP contribution >= 0.6 is 27.5 Å². The summed E-state index contributed by atoms with van der Waals surface area (Å²) in [7, 11) is 0. The lowest BCUT2D eigenvalue weighted by molar-refractivity contribution is 1.34. The van der Waals surface area contributed by atoms with Crippen molar-refractivity contribution in [1.29, 1.82) is 0 Å². The second-order valence-corrected chi connectivity index (χ2v) is 3.40. The van der Waals surface area contributed by atoms with Crippen molar-refractivity contribution < 1.29 is 0 Å². The van der Waals surface area contributed by atoms with Crippen LogP contribution in [0.1, 0.15) is 11.1 Å². The van der Waals surface area contributed by atoms with Gasteiger partial charge in [0.25, 0.3) is 0 Å². The minimum atomic E-state index is 0.692. The van der Waals surface area contributed by atoms with Gasteiger partial charge in [-0.2, -0.15) is 0 Å². The SMILES string of the molecule is Cc1c[c]c(Cl)c(C)c1Br. The van der Waals surface area contributed by atoms with Crippen LogP contribution in [0.25, 0.3) is 0 Å². The molecule has 0 aromatic heterocycles. The highest BCUT2D eigenvalue weighted by atomic mass is 79.9. The summed E-state index contributed by atoms with van der Waals surface area (Å²) in [5.74, 6) is 0. The Morgan fingerprint density at radius 1 is 1.50 bits per heavy atom. The quantitative estimate of drug-likeness (QED) is 0.625. The molecule has 0 unspecified atom stereocenters. The molecule has 0 spiro atoms. The van der Waals surface area contributed by atoms with E-state index in [0.29, 0.717) is 5.02 Å². The van der Waals surface area contributed by atoms with Crippen molar-refractivity contribution in [2.45, 2.75) is 13.8 Å². The minimum absolute atomic E-state index is 0.692. The maximum absolute atomic E-state index is 5.80. The van der Waals surface area contributed by atoms with Crippen molar-refractivity contribution in [2.24, 2.45) is 0 Å². The van der Waals surface area contributed by atoms with Crippen molar-refractivity contribution in [3.63, 3.8) is 0 Å². The minimum Gasteiger partial charge on any atom is -0.0833 e. The lowest BCUT2D eigenvalue weighted by Crippen LogP contribution is -1.81. The van der Waals surface area contributed by atoms with Crippen LogP contribution in [0.4, 0.5) is 0 Å². The van der Waals surface area contributed by atoms with Gasteiger partial charge in [-0.1, -0.05) is 27.5 Å². The van der Waals surface area contributed by atoms with E-state index in [9.17, 15) is 0 Å². The Morgan fingerprint density at radius 3 is 2.60 bits per heavy atom. The highest BCUT2D eigenvalue weighted by Crippen LogP contribution is 2.26. The summed E-state index contributed by atoms with van der Waals surface area (Å²) in [6.07, 6.45) is 0. The number of halogens is 2. The molecule has 0 heterocycles. The molecule has 0 atom stereocenters. The van der Waals surface area contributed by atoms with E-state index in [4.69, 9.17) is 11.6 Å². The lowest BCUT2D eigenvalue weighted by atomic mass is 10.2. The first-order chi connectivity index (χ1) is 4.63. The Kier molecular flexibility index (Phi) is 2.37. The summed E-state index contributed by atoms with van der Waals surface area (Å²) < 4.78 is 1.08. The fourth-order valence-electron chi connectivity index (χ4n) is 0.735. The highest BCUT2D eigenvalue weighted by molar-refractivity contribution is 9.10. The second kappa shape index (κ2) is 2.93. The summed E-state index contributed by atoms with van der Waals surface area (Å²) in [6.45, 7) is 3.99. The summed E-state index contributed by atoms with van der Waals surface area (Å²) >= 11 is 9.23. The lowest BCUT2D eigenvalue weighted by Gasteiger charge is -2.02. The van der Waals surface area contributed by atoms with Crippen LogP contribution in [-0.4, -0.2) is 0 Å². The smallest absolute Gasteiger partial charge is 0.0525 e. The molecule has 53 valence electrons. The molecule has 0 saturated heterocycles. The molecule has 10 heavy (non-hydrogen) atoms. The molecular weight excluding hydrogens is 211 g/mol. The number of hydrogen-bond acceptors (Lipinski definition) is 0. The zero-order valence-corrected chi connectivity index (χ0v) is 8.18. The van der Waals surface area contributed by atoms with E-state index >= 15 is 0 Å². The van der Waals surface area contributed by atoms with Gasteiger partial charge in [-0.25, -0.2) is 0 Å². The zero-order chi connectivity index (χ0) is 7.72. The van der Waals surface area contributed by atoms with Gasteiger partial charge in [0.05, 0.1) is 5.02 Å². The van der Waals surface area contributed by atoms with E-state index in [1.54, 1.807) is 0 Å². The maximum atomic E-state index is 5.80. The summed E-state index contributed by atoms with van der Waals surface area (Å²) in [6, 6.07) is 4.82. The fraction of sp³-hybridized carbons (Fsp3) is 0.250. The predicted octanol–water partition coefficient (Wildman–Crippen LogP) is 3.52. The number of benzene rings is 1. The van der Waals surface area contributed by atoms with Gasteiger partial charge in [0.2, 0.25) is 0 Å². The molecule has 0 aliphatic heterocycles. The second-order valence-electron chi connectivity index (χ2n) is 2.22. The first kappa shape index (κ1) is 8.09. The zero-order valence-electron chi connectivity index (χ0n) is 5.83. The van der Waals surface area contributed by atoms with Crippen LogP contribution in [0.5, 0.6) is 0 Å². The van der Waals surface area contributed by atoms with Crippen LogP contribution < -0.4 is 0 Å². The summed E-state index contributed by atoms with van der Waals surface area (Å²) in [5.41, 5.74) is 2.23. The van der Waals surface area contributed by atoms with E-state index < -0.39 is 0 Å². The highest BCUT2D eigenvalue weighted by Gasteiger charge is 2.01. The topological polar surface area (TPSA) is 0 Å². The van der Waals surface area contributed by atoms with E-state index in [1.807, 2.05) is 19.9 Å². The molecule has 0 aliphatic rings. The number of hydrogen-bond donors (Lipinski definition) is 0. The van der Waals surface area contributed by atoms with Gasteiger partial charge in [-0.05, 0) is 31.0 Å². The van der Waals surface area contributed by atoms with E-state index in [1.165, 1.54) is 5.56 Å². The third-order valence-electron chi connectivity index (χ3n) is 1.42. The van der Waals surface area contributed by atoms with Crippen molar-refractivity contribution >= 4 is 27.5 Å². The third-order valence-corrected chi connectivity index (χ3v) is 3.03. The van der Waals surface area contributed by atoms with Crippen LogP contribution in [0.2, 0.25) is 5.02 Å². The molecule has 0 amide bonds. The molecule has 1 rings (SSSR count). The van der Waals surface area contributed by atoms with Gasteiger partial charge in [0.1, 0.15) is 0 Å². The molecule has 0 aliphatic carbocycles. The van der Waals surface area contributed by atoms with Crippen molar-refractivity contribution in [2.75, 3.05) is 0 Å². The third kappa shape index (κ3) is 1.35. The maximum Gasteiger partial charge on any atom is 0.0525 e. The van der Waals surface area contributed by atoms with E-state index in [-0.39, 0.29) is 0 Å². The van der Waals surface area contributed by atoms with Gasteiger partial charge >= 0.3 is 0 Å². The Hall–Kier alpha value is -0.0100. The van der Waals surface area contributed by atoms with Gasteiger partial charge < -0.3 is 0 Å². The Labute approximate surface area is 74.3 Å². The van der Waals surface area contributed by atoms with Gasteiger partial charge in [-0.3, -0.25) is 0 Å². The van der Waals surface area contributed by atoms with E-state index in [2.05, 4.69) is 22.0 Å². The molecule has 1 aromatic carbocycles. The predicted molar refractivity (Wildman–Crippen MR) is 47.5 cm³/mol. The summed E-state index contributed by atoms with van der Waals surface area (Å²) in [4.78, 5) is 0. The average Bonchev–Trinajstić information content (AvgIpc) is 1.93. The summed E-state index contributed by atoms with van der Waals surface area (Å²) in [5, 5.41) is 0.692. The monoisotopic (exact) mass is 217 g/mol. The number of rotatable bonds is 0. The molecule has 0 N–H and O–H groups in total. The molecule has 0 nitrogen and oxygen atoms in total. The standard InChI is InChI=1S/C8H7BrCl/c1-5-3-4-7(10)6(2)8(5)9/h3H,1-2H3. The molecular formula is C8H7BrCl. The van der Waals surface area contributed by atoms with Crippen molar-refractivity contribution in [3.05, 3.63) is 32.8 Å². The van der Waals surface area contributed by atoms with Crippen LogP contribution in [0, 0.1) is 19.9 Å². The fourth-order valence-corrected chi connectivity index (χ4v) is 1.31. The van der Waals surface area contributed by atoms with Gasteiger partial charge in [0, 0.05) is 10.5 Å². The molecule has 1 aromatic rings. The number of aryl methyl sites for hydroxylation is 1. The van der Waals surface area contributed by atoms with E-state index in [0.717, 1.165) is 10.0 Å². The molecule has 0 saturated carbocycles. The van der Waals surface area contributed by atoms with Crippen molar-refractivity contribution in [3.8, 4) is 0 Å². The van der Waals surface area contributed by atoms with Crippen LogP contribution in [0.15, 0.2) is 10.5 Å². The van der Waals surface area contributed by atoms with Crippen LogP contribution in [0.3, 0.4) is 0 Å². The normalized spacial score (nSPS) is 10.0. The Bertz CT molecular complexity index is 229. The van der Waals surface area contributed by atoms with Crippen LogP contribution in [-0.2, 0) is 0 Å². The largest absolute Gasteiger partial charge is 0.0833 e. The van der Waals surface area contributed by atoms with Crippen molar-refractivity contribution in [1.82, 2.24) is 0 Å². The van der Waals surface area contributed by atoms with Gasteiger partial charge in [0.15, 0.2) is 0 Å². The Balaban J connectivity index is 3.34. The Morgan fingerprint density at radius 2 is 2.10 bits per heavy atom. The average molecular weight is 219 g/mol. The first-order valence-corrected chi connectivity index (χ1v) is 4.13. The molecule has 1 radical (unpaired) electrons. The van der Waals surface area contributed by atoms with Gasteiger partial charge in [-0.15, -0.1) is 0 Å².